The molecule has 2 aromatic rings. The SMILES string of the molecule is C[C@H](NC(=O)N[C@H]1CCSc2c(F)cccc21)c1nccs1. The highest BCUT2D eigenvalue weighted by Gasteiger charge is 2.25. The van der Waals surface area contributed by atoms with Gasteiger partial charge in [0.25, 0.3) is 0 Å². The van der Waals surface area contributed by atoms with Crippen molar-refractivity contribution in [2.75, 3.05) is 5.75 Å². The molecule has 1 aliphatic heterocycles. The fourth-order valence-corrected chi connectivity index (χ4v) is 4.23. The van der Waals surface area contributed by atoms with Crippen LogP contribution in [0.5, 0.6) is 0 Å². The zero-order chi connectivity index (χ0) is 15.5. The molecule has 2 amide bonds. The number of thiazole rings is 1. The predicted octanol–water partition coefficient (Wildman–Crippen LogP) is 3.88. The largest absolute Gasteiger partial charge is 0.331 e. The first kappa shape index (κ1) is 15.3. The van der Waals surface area contributed by atoms with E-state index in [4.69, 9.17) is 0 Å². The first-order chi connectivity index (χ1) is 10.6. The Morgan fingerprint density at radius 3 is 3.14 bits per heavy atom. The maximum atomic E-state index is 13.8. The van der Waals surface area contributed by atoms with E-state index >= 15 is 0 Å². The van der Waals surface area contributed by atoms with Gasteiger partial charge in [0.2, 0.25) is 0 Å². The van der Waals surface area contributed by atoms with Crippen molar-refractivity contribution in [1.29, 1.82) is 0 Å². The Labute approximate surface area is 136 Å². The van der Waals surface area contributed by atoms with Crippen LogP contribution in [0.25, 0.3) is 0 Å². The molecular weight excluding hydrogens is 321 g/mol. The van der Waals surface area contributed by atoms with Gasteiger partial charge in [-0.25, -0.2) is 14.2 Å². The van der Waals surface area contributed by atoms with Crippen molar-refractivity contribution in [2.45, 2.75) is 30.3 Å². The second-order valence-electron chi connectivity index (χ2n) is 5.06. The minimum Gasteiger partial charge on any atom is -0.331 e. The Hall–Kier alpha value is -1.60. The van der Waals surface area contributed by atoms with Crippen molar-refractivity contribution in [3.63, 3.8) is 0 Å². The topological polar surface area (TPSA) is 54.0 Å². The third-order valence-electron chi connectivity index (χ3n) is 3.50. The molecular formula is C15H16FN3OS2. The molecule has 2 atom stereocenters. The minimum atomic E-state index is -0.255. The van der Waals surface area contributed by atoms with Gasteiger partial charge in [0.1, 0.15) is 10.8 Å². The summed E-state index contributed by atoms with van der Waals surface area (Å²) in [6, 6.07) is 4.46. The molecule has 0 fully saturated rings. The number of carbonyl (C=O) groups excluding carboxylic acids is 1. The molecule has 1 aromatic heterocycles. The number of amides is 2. The average Bonchev–Trinajstić information content (AvgIpc) is 3.02. The van der Waals surface area contributed by atoms with Gasteiger partial charge < -0.3 is 10.6 Å². The number of nitrogens with zero attached hydrogens (tertiary/aromatic N) is 1. The number of nitrogens with one attached hydrogen (secondary N) is 2. The van der Waals surface area contributed by atoms with E-state index < -0.39 is 0 Å². The van der Waals surface area contributed by atoms with E-state index in [2.05, 4.69) is 15.6 Å². The number of fused-ring (bicyclic) bond motifs is 1. The Morgan fingerprint density at radius 1 is 1.50 bits per heavy atom. The Kier molecular flexibility index (Phi) is 4.63. The molecule has 3 rings (SSSR count). The van der Waals surface area contributed by atoms with Crippen LogP contribution in [0.4, 0.5) is 9.18 Å². The number of thioether (sulfide) groups is 1. The molecule has 2 N–H and O–H groups in total. The molecule has 7 heteroatoms. The molecule has 22 heavy (non-hydrogen) atoms. The fraction of sp³-hybridized carbons (Fsp3) is 0.333. The van der Waals surface area contributed by atoms with Crippen molar-refractivity contribution >= 4 is 29.1 Å². The molecule has 0 unspecified atom stereocenters. The van der Waals surface area contributed by atoms with Crippen molar-refractivity contribution in [1.82, 2.24) is 15.6 Å². The van der Waals surface area contributed by atoms with Gasteiger partial charge in [0.15, 0.2) is 0 Å². The summed E-state index contributed by atoms with van der Waals surface area (Å²) in [5.74, 6) is 0.576. The number of aromatic nitrogens is 1. The van der Waals surface area contributed by atoms with Crippen LogP contribution in [0.2, 0.25) is 0 Å². The lowest BCUT2D eigenvalue weighted by molar-refractivity contribution is 0.233. The van der Waals surface area contributed by atoms with Gasteiger partial charge in [-0.3, -0.25) is 0 Å². The molecule has 0 radical (unpaired) electrons. The molecule has 0 aliphatic carbocycles. The van der Waals surface area contributed by atoms with Gasteiger partial charge in [-0.05, 0) is 25.0 Å². The van der Waals surface area contributed by atoms with Crippen LogP contribution in [-0.4, -0.2) is 16.8 Å². The van der Waals surface area contributed by atoms with E-state index in [0.717, 1.165) is 22.7 Å². The monoisotopic (exact) mass is 337 g/mol. The number of benzene rings is 1. The quantitative estimate of drug-likeness (QED) is 0.894. The molecule has 1 aromatic carbocycles. The highest BCUT2D eigenvalue weighted by molar-refractivity contribution is 7.99. The lowest BCUT2D eigenvalue weighted by atomic mass is 10.0. The van der Waals surface area contributed by atoms with E-state index in [1.165, 1.54) is 29.2 Å². The fourth-order valence-electron chi connectivity index (χ4n) is 2.44. The summed E-state index contributed by atoms with van der Waals surface area (Å²) < 4.78 is 13.8. The van der Waals surface area contributed by atoms with Crippen molar-refractivity contribution < 1.29 is 9.18 Å². The smallest absolute Gasteiger partial charge is 0.315 e. The molecule has 1 aliphatic rings. The third-order valence-corrected chi connectivity index (χ3v) is 5.62. The first-order valence-electron chi connectivity index (χ1n) is 7.03. The summed E-state index contributed by atoms with van der Waals surface area (Å²) >= 11 is 3.01. The van der Waals surface area contributed by atoms with Gasteiger partial charge in [0, 0.05) is 22.2 Å². The van der Waals surface area contributed by atoms with E-state index in [-0.39, 0.29) is 23.9 Å². The zero-order valence-electron chi connectivity index (χ0n) is 12.0. The Balaban J connectivity index is 1.67. The summed E-state index contributed by atoms with van der Waals surface area (Å²) in [4.78, 5) is 17.0. The summed E-state index contributed by atoms with van der Waals surface area (Å²) in [6.07, 6.45) is 2.51. The molecule has 4 nitrogen and oxygen atoms in total. The van der Waals surface area contributed by atoms with E-state index in [1.54, 1.807) is 12.3 Å². The molecule has 0 bridgehead atoms. The van der Waals surface area contributed by atoms with E-state index in [0.29, 0.717) is 4.90 Å². The van der Waals surface area contributed by atoms with Gasteiger partial charge >= 0.3 is 6.03 Å². The van der Waals surface area contributed by atoms with Gasteiger partial charge in [-0.1, -0.05) is 12.1 Å². The van der Waals surface area contributed by atoms with Crippen molar-refractivity contribution in [2.24, 2.45) is 0 Å². The van der Waals surface area contributed by atoms with E-state index in [9.17, 15) is 9.18 Å². The lowest BCUT2D eigenvalue weighted by Gasteiger charge is -2.26. The summed E-state index contributed by atoms with van der Waals surface area (Å²) in [5.41, 5.74) is 0.855. The molecule has 0 saturated heterocycles. The van der Waals surface area contributed by atoms with Crippen LogP contribution in [0.15, 0.2) is 34.7 Å². The molecule has 116 valence electrons. The molecule has 0 saturated carbocycles. The van der Waals surface area contributed by atoms with Gasteiger partial charge in [-0.15, -0.1) is 23.1 Å². The number of halogens is 1. The van der Waals surface area contributed by atoms with E-state index in [1.807, 2.05) is 18.4 Å². The normalized spacial score (nSPS) is 18.4. The number of hydrogen-bond acceptors (Lipinski definition) is 4. The molecule has 0 spiro atoms. The summed E-state index contributed by atoms with van der Waals surface area (Å²) in [5, 5.41) is 8.55. The highest BCUT2D eigenvalue weighted by Crippen LogP contribution is 2.37. The van der Waals surface area contributed by atoms with Crippen molar-refractivity contribution in [3.8, 4) is 0 Å². The minimum absolute atomic E-state index is 0.148. The van der Waals surface area contributed by atoms with Crippen LogP contribution >= 0.6 is 23.1 Å². The third kappa shape index (κ3) is 3.25. The van der Waals surface area contributed by atoms with Gasteiger partial charge in [0.05, 0.1) is 12.1 Å². The zero-order valence-corrected chi connectivity index (χ0v) is 13.6. The Bertz CT molecular complexity index is 663. The van der Waals surface area contributed by atoms with Crippen molar-refractivity contribution in [3.05, 3.63) is 46.2 Å². The summed E-state index contributed by atoms with van der Waals surface area (Å²) in [6.45, 7) is 1.89. The van der Waals surface area contributed by atoms with Crippen LogP contribution in [0.3, 0.4) is 0 Å². The predicted molar refractivity (Wildman–Crippen MR) is 86.7 cm³/mol. The van der Waals surface area contributed by atoms with Crippen LogP contribution in [0.1, 0.15) is 36.0 Å². The highest BCUT2D eigenvalue weighted by atomic mass is 32.2. The second-order valence-corrected chi connectivity index (χ2v) is 7.09. The van der Waals surface area contributed by atoms with Crippen LogP contribution < -0.4 is 10.6 Å². The maximum absolute atomic E-state index is 13.8. The number of rotatable bonds is 3. The van der Waals surface area contributed by atoms with Crippen LogP contribution in [-0.2, 0) is 0 Å². The Morgan fingerprint density at radius 2 is 2.36 bits per heavy atom. The number of carbonyl (C=O) groups is 1. The first-order valence-corrected chi connectivity index (χ1v) is 8.89. The standard InChI is InChI=1S/C15H16FN3OS2/c1-9(14-17-6-8-22-14)18-15(20)19-12-5-7-21-13-10(12)3-2-4-11(13)16/h2-4,6,8-9,12H,5,7H2,1H3,(H2,18,19,20)/t9-,12-/m0/s1. The molecule has 2 heterocycles. The lowest BCUT2D eigenvalue weighted by Crippen LogP contribution is -2.40. The van der Waals surface area contributed by atoms with Gasteiger partial charge in [-0.2, -0.15) is 0 Å². The van der Waals surface area contributed by atoms with Crippen LogP contribution in [0, 0.1) is 5.82 Å². The number of urea groups is 1. The maximum Gasteiger partial charge on any atom is 0.315 e. The second kappa shape index (κ2) is 6.66. The average molecular weight is 337 g/mol. The summed E-state index contributed by atoms with van der Waals surface area (Å²) in [7, 11) is 0. The number of hydrogen-bond donors (Lipinski definition) is 2.